The molecule has 5 nitrogen and oxygen atoms in total. The smallest absolute Gasteiger partial charge is 0.281 e. The van der Waals surface area contributed by atoms with E-state index in [1.54, 1.807) is 12.1 Å². The summed E-state index contributed by atoms with van der Waals surface area (Å²) < 4.78 is 43.3. The van der Waals surface area contributed by atoms with Gasteiger partial charge >= 0.3 is 0 Å². The Labute approximate surface area is 223 Å². The lowest BCUT2D eigenvalue weighted by atomic mass is 9.99. The molecular weight excluding hydrogens is 515 g/mol. The molecule has 2 heterocycles. The molecule has 2 aromatic carbocycles. The number of hydrogen-bond acceptors (Lipinski definition) is 3. The van der Waals surface area contributed by atoms with Gasteiger partial charge in [0.05, 0.1) is 0 Å². The van der Waals surface area contributed by atoms with Crippen molar-refractivity contribution in [3.63, 3.8) is 0 Å². The van der Waals surface area contributed by atoms with Gasteiger partial charge < -0.3 is 9.88 Å². The van der Waals surface area contributed by atoms with Crippen LogP contribution >= 0.6 is 11.6 Å². The molecule has 1 amide bonds. The highest BCUT2D eigenvalue weighted by Gasteiger charge is 2.26. The van der Waals surface area contributed by atoms with Gasteiger partial charge in [0.15, 0.2) is 11.5 Å². The maximum Gasteiger partial charge on any atom is 0.281 e. The zero-order valence-electron chi connectivity index (χ0n) is 21.2. The molecule has 4 rings (SSSR count). The summed E-state index contributed by atoms with van der Waals surface area (Å²) in [5, 5.41) is 3.92. The first-order chi connectivity index (χ1) is 18.0. The van der Waals surface area contributed by atoms with Gasteiger partial charge in [-0.2, -0.15) is 0 Å². The van der Waals surface area contributed by atoms with Crippen LogP contribution in [0.25, 0.3) is 22.2 Å². The summed E-state index contributed by atoms with van der Waals surface area (Å²) in [4.78, 5) is 28.8. The molecule has 38 heavy (non-hydrogen) atoms. The van der Waals surface area contributed by atoms with Crippen molar-refractivity contribution in [2.24, 2.45) is 0 Å². The van der Waals surface area contributed by atoms with Crippen molar-refractivity contribution in [1.29, 1.82) is 0 Å². The average Bonchev–Trinajstić information content (AvgIpc) is 3.24. The number of nitrogens with zero attached hydrogens (tertiary/aromatic N) is 2. The number of fused-ring (bicyclic) bond motifs is 1. The van der Waals surface area contributed by atoms with Crippen molar-refractivity contribution < 1.29 is 22.8 Å². The summed E-state index contributed by atoms with van der Waals surface area (Å²) >= 11 is 6.19. The molecule has 0 saturated heterocycles. The van der Waals surface area contributed by atoms with Crippen LogP contribution in [0.2, 0.25) is 5.02 Å². The lowest BCUT2D eigenvalue weighted by molar-refractivity contribution is -0.130. The van der Waals surface area contributed by atoms with E-state index < -0.39 is 29.5 Å². The molecular formula is C29H27ClF3N3O2. The molecule has 1 N–H and O–H groups in total. The van der Waals surface area contributed by atoms with Gasteiger partial charge in [-0.3, -0.25) is 14.6 Å². The van der Waals surface area contributed by atoms with Crippen molar-refractivity contribution in [3.8, 4) is 11.3 Å². The number of aromatic nitrogens is 2. The van der Waals surface area contributed by atoms with E-state index in [-0.39, 0.29) is 18.5 Å². The quantitative estimate of drug-likeness (QED) is 0.230. The first-order valence-corrected chi connectivity index (χ1v) is 12.5. The standard InChI is InChI=1S/C29H27ClF3N3O2/c1-4-36-23-9-8-17(10-20(23)14-24(36)19-6-5-7-21(30)13-19)12-25(37)22-11-18(15-34-26(22)27(31)32)16-35-28(38)29(2,3)33/h5-11,13-15,27H,4,12,16H2,1-3H3,(H,35,38). The number of nitrogens with one attached hydrogen (secondary N) is 1. The van der Waals surface area contributed by atoms with Crippen LogP contribution in [0, 0.1) is 0 Å². The predicted octanol–water partition coefficient (Wildman–Crippen LogP) is 7.10. The van der Waals surface area contributed by atoms with Crippen LogP contribution in [0.15, 0.2) is 60.8 Å². The highest BCUT2D eigenvalue weighted by molar-refractivity contribution is 6.30. The molecule has 4 aromatic rings. The van der Waals surface area contributed by atoms with E-state index in [1.165, 1.54) is 6.07 Å². The number of ketones is 1. The number of rotatable bonds is 9. The van der Waals surface area contributed by atoms with Gasteiger partial charge in [0, 0.05) is 52.9 Å². The van der Waals surface area contributed by atoms with Crippen molar-refractivity contribution in [3.05, 3.63) is 88.2 Å². The van der Waals surface area contributed by atoms with E-state index in [4.69, 9.17) is 11.6 Å². The first-order valence-electron chi connectivity index (χ1n) is 12.1. The summed E-state index contributed by atoms with van der Waals surface area (Å²) in [7, 11) is 0. The second-order valence-electron chi connectivity index (χ2n) is 9.51. The second-order valence-corrected chi connectivity index (χ2v) is 9.95. The van der Waals surface area contributed by atoms with Gasteiger partial charge in [-0.25, -0.2) is 13.2 Å². The van der Waals surface area contributed by atoms with Crippen LogP contribution in [-0.2, 0) is 24.3 Å². The number of halogens is 4. The van der Waals surface area contributed by atoms with Gasteiger partial charge in [-0.05, 0) is 73.9 Å². The number of carbonyl (C=O) groups is 2. The molecule has 0 unspecified atom stereocenters. The third kappa shape index (κ3) is 5.91. The van der Waals surface area contributed by atoms with Gasteiger partial charge in [-0.15, -0.1) is 0 Å². The number of alkyl halides is 3. The Balaban J connectivity index is 1.62. The highest BCUT2D eigenvalue weighted by atomic mass is 35.5. The SMILES string of the molecule is CCn1c(-c2cccc(Cl)c2)cc2cc(CC(=O)c3cc(CNC(=O)C(C)(C)F)cnc3C(F)F)ccc21. The molecule has 0 atom stereocenters. The fraction of sp³-hybridized carbons (Fsp3) is 0.276. The monoisotopic (exact) mass is 541 g/mol. The number of pyridine rings is 1. The van der Waals surface area contributed by atoms with E-state index in [0.29, 0.717) is 16.1 Å². The molecule has 0 fully saturated rings. The molecule has 0 aliphatic heterocycles. The van der Waals surface area contributed by atoms with Crippen molar-refractivity contribution >= 4 is 34.2 Å². The fourth-order valence-corrected chi connectivity index (χ4v) is 4.53. The summed E-state index contributed by atoms with van der Waals surface area (Å²) in [5.74, 6) is -1.39. The van der Waals surface area contributed by atoms with Crippen LogP contribution < -0.4 is 5.32 Å². The van der Waals surface area contributed by atoms with Crippen LogP contribution in [0.1, 0.15) is 54.4 Å². The lowest BCUT2D eigenvalue weighted by Crippen LogP contribution is -2.38. The Bertz CT molecular complexity index is 1510. The van der Waals surface area contributed by atoms with Gasteiger partial charge in [0.1, 0.15) is 5.69 Å². The topological polar surface area (TPSA) is 64.0 Å². The number of Topliss-reactive ketones (excluding diaryl/α,β-unsaturated/α-hetero) is 1. The number of hydrogen-bond donors (Lipinski definition) is 1. The largest absolute Gasteiger partial charge is 0.349 e. The minimum atomic E-state index is -2.95. The van der Waals surface area contributed by atoms with Crippen LogP contribution in [0.3, 0.4) is 0 Å². The molecule has 2 aromatic heterocycles. The zero-order chi connectivity index (χ0) is 27.6. The van der Waals surface area contributed by atoms with E-state index >= 15 is 0 Å². The Morgan fingerprint density at radius 3 is 2.50 bits per heavy atom. The number of aryl methyl sites for hydroxylation is 1. The zero-order valence-corrected chi connectivity index (χ0v) is 22.0. The molecule has 0 bridgehead atoms. The molecule has 0 aliphatic carbocycles. The van der Waals surface area contributed by atoms with Crippen LogP contribution in [0.5, 0.6) is 0 Å². The highest BCUT2D eigenvalue weighted by Crippen LogP contribution is 2.31. The minimum Gasteiger partial charge on any atom is -0.349 e. The second kappa shape index (κ2) is 11.0. The molecule has 0 aliphatic rings. The normalized spacial score (nSPS) is 11.8. The molecule has 9 heteroatoms. The Morgan fingerprint density at radius 1 is 1.08 bits per heavy atom. The minimum absolute atomic E-state index is 0.117. The number of amides is 1. The summed E-state index contributed by atoms with van der Waals surface area (Å²) in [6, 6.07) is 16.4. The fourth-order valence-electron chi connectivity index (χ4n) is 4.34. The van der Waals surface area contributed by atoms with Crippen LogP contribution in [-0.4, -0.2) is 26.9 Å². The van der Waals surface area contributed by atoms with Gasteiger partial charge in [-0.1, -0.05) is 29.8 Å². The molecule has 0 radical (unpaired) electrons. The van der Waals surface area contributed by atoms with Crippen molar-refractivity contribution in [2.75, 3.05) is 0 Å². The Kier molecular flexibility index (Phi) is 7.92. The van der Waals surface area contributed by atoms with Crippen molar-refractivity contribution in [1.82, 2.24) is 14.9 Å². The third-order valence-corrected chi connectivity index (χ3v) is 6.48. The lowest BCUT2D eigenvalue weighted by Gasteiger charge is -2.15. The molecule has 198 valence electrons. The third-order valence-electron chi connectivity index (χ3n) is 6.24. The summed E-state index contributed by atoms with van der Waals surface area (Å²) in [6.45, 7) is 4.83. The van der Waals surface area contributed by atoms with E-state index in [1.807, 2.05) is 43.3 Å². The molecule has 0 saturated carbocycles. The maximum absolute atomic E-state index is 13.8. The van der Waals surface area contributed by atoms with E-state index in [0.717, 1.165) is 48.7 Å². The predicted molar refractivity (Wildman–Crippen MR) is 142 cm³/mol. The van der Waals surface area contributed by atoms with Crippen LogP contribution in [0.4, 0.5) is 13.2 Å². The first kappa shape index (κ1) is 27.4. The van der Waals surface area contributed by atoms with E-state index in [9.17, 15) is 22.8 Å². The molecule has 0 spiro atoms. The number of benzene rings is 2. The van der Waals surface area contributed by atoms with Crippen molar-refractivity contribution in [2.45, 2.75) is 52.4 Å². The average molecular weight is 542 g/mol. The van der Waals surface area contributed by atoms with E-state index in [2.05, 4.69) is 14.9 Å². The van der Waals surface area contributed by atoms with Gasteiger partial charge in [0.2, 0.25) is 0 Å². The summed E-state index contributed by atoms with van der Waals surface area (Å²) in [5.41, 5.74) is 0.932. The van der Waals surface area contributed by atoms with Gasteiger partial charge in [0.25, 0.3) is 12.3 Å². The Hall–Kier alpha value is -3.65. The number of carbonyl (C=O) groups excluding carboxylic acids is 2. The maximum atomic E-state index is 13.8. The summed E-state index contributed by atoms with van der Waals surface area (Å²) in [6.07, 6.45) is -1.92. The Morgan fingerprint density at radius 2 is 1.84 bits per heavy atom.